The van der Waals surface area contributed by atoms with Gasteiger partial charge in [0, 0.05) is 44.4 Å². The Hall–Kier alpha value is -0.160. The average molecular weight is 228 g/mol. The third-order valence-corrected chi connectivity index (χ3v) is 3.88. The van der Waals surface area contributed by atoms with Gasteiger partial charge in [0.2, 0.25) is 0 Å². The molecule has 0 radical (unpaired) electrons. The minimum atomic E-state index is 0.260. The molecule has 0 saturated carbocycles. The van der Waals surface area contributed by atoms with Crippen LogP contribution in [0.5, 0.6) is 0 Å². The predicted molar refractivity (Wildman–Crippen MR) is 63.4 cm³/mol. The molecule has 2 N–H and O–H groups in total. The summed E-state index contributed by atoms with van der Waals surface area (Å²) in [7, 11) is 2.19. The van der Waals surface area contributed by atoms with Crippen LogP contribution in [0.25, 0.3) is 0 Å². The first-order valence-corrected chi connectivity index (χ1v) is 6.38. The number of likely N-dealkylation sites (N-methyl/N-ethyl adjacent to an activating group) is 1. The Morgan fingerprint density at radius 2 is 1.88 bits per heavy atom. The lowest BCUT2D eigenvalue weighted by molar-refractivity contribution is 0.0391. The van der Waals surface area contributed by atoms with Crippen molar-refractivity contribution in [1.82, 2.24) is 4.90 Å². The molecule has 0 aromatic carbocycles. The summed E-state index contributed by atoms with van der Waals surface area (Å²) in [5.74, 6) is 0.558. The zero-order valence-corrected chi connectivity index (χ0v) is 10.2. The second-order valence-electron chi connectivity index (χ2n) is 5.07. The molecule has 0 aromatic rings. The Balaban J connectivity index is 1.74. The summed E-state index contributed by atoms with van der Waals surface area (Å²) in [6.45, 7) is 4.52. The molecular formula is C12H24N2O2. The fourth-order valence-corrected chi connectivity index (χ4v) is 2.65. The third kappa shape index (κ3) is 3.17. The Kier molecular flexibility index (Phi) is 4.58. The highest BCUT2D eigenvalue weighted by molar-refractivity contribution is 4.81. The number of hydrogen-bond acceptors (Lipinski definition) is 4. The fourth-order valence-electron chi connectivity index (χ4n) is 2.65. The molecule has 2 aliphatic heterocycles. The molecule has 2 fully saturated rings. The summed E-state index contributed by atoms with van der Waals surface area (Å²) >= 11 is 0. The smallest absolute Gasteiger partial charge is 0.0510 e. The molecule has 0 bridgehead atoms. The maximum Gasteiger partial charge on any atom is 0.0510 e. The molecule has 2 heterocycles. The van der Waals surface area contributed by atoms with Crippen LogP contribution < -0.4 is 5.73 Å². The topological polar surface area (TPSA) is 47.7 Å². The van der Waals surface area contributed by atoms with E-state index in [0.717, 1.165) is 52.2 Å². The highest BCUT2D eigenvalue weighted by Gasteiger charge is 2.26. The predicted octanol–water partition coefficient (Wildman–Crippen LogP) is 0.461. The van der Waals surface area contributed by atoms with Crippen molar-refractivity contribution in [3.63, 3.8) is 0 Å². The van der Waals surface area contributed by atoms with Gasteiger partial charge in [-0.1, -0.05) is 0 Å². The van der Waals surface area contributed by atoms with Gasteiger partial charge < -0.3 is 20.1 Å². The van der Waals surface area contributed by atoms with Crippen LogP contribution in [0.1, 0.15) is 19.3 Å². The molecule has 94 valence electrons. The Labute approximate surface area is 98.1 Å². The van der Waals surface area contributed by atoms with Crippen molar-refractivity contribution in [2.75, 3.05) is 40.0 Å². The van der Waals surface area contributed by atoms with Gasteiger partial charge in [0.1, 0.15) is 0 Å². The highest BCUT2D eigenvalue weighted by atomic mass is 16.5. The van der Waals surface area contributed by atoms with E-state index in [9.17, 15) is 0 Å². The van der Waals surface area contributed by atoms with Crippen LogP contribution in [0.15, 0.2) is 0 Å². The molecule has 4 heteroatoms. The van der Waals surface area contributed by atoms with E-state index in [1.165, 1.54) is 0 Å². The second kappa shape index (κ2) is 5.96. The Morgan fingerprint density at radius 1 is 1.19 bits per heavy atom. The van der Waals surface area contributed by atoms with E-state index in [4.69, 9.17) is 15.2 Å². The van der Waals surface area contributed by atoms with Crippen LogP contribution in [-0.4, -0.2) is 57.0 Å². The molecule has 2 rings (SSSR count). The SMILES string of the molecule is CN(CC(N)C1CCOC1)C1CCOCC1. The van der Waals surface area contributed by atoms with Gasteiger partial charge in [-0.3, -0.25) is 0 Å². The van der Waals surface area contributed by atoms with Crippen molar-refractivity contribution in [1.29, 1.82) is 0 Å². The Bertz CT molecular complexity index is 201. The number of ether oxygens (including phenoxy) is 2. The quantitative estimate of drug-likeness (QED) is 0.759. The lowest BCUT2D eigenvalue weighted by atomic mass is 9.98. The standard InChI is InChI=1S/C12H24N2O2/c1-14(11-3-6-15-7-4-11)8-12(13)10-2-5-16-9-10/h10-12H,2-9,13H2,1H3. The molecule has 2 unspecified atom stereocenters. The van der Waals surface area contributed by atoms with Crippen molar-refractivity contribution in [3.05, 3.63) is 0 Å². The molecule has 2 aliphatic rings. The monoisotopic (exact) mass is 228 g/mol. The van der Waals surface area contributed by atoms with Gasteiger partial charge in [0.05, 0.1) is 6.61 Å². The van der Waals surface area contributed by atoms with E-state index in [2.05, 4.69) is 11.9 Å². The molecule has 2 atom stereocenters. The first kappa shape index (κ1) is 12.3. The summed E-state index contributed by atoms with van der Waals surface area (Å²) in [5, 5.41) is 0. The zero-order chi connectivity index (χ0) is 11.4. The van der Waals surface area contributed by atoms with Gasteiger partial charge in [-0.05, 0) is 26.3 Å². The van der Waals surface area contributed by atoms with Crippen molar-refractivity contribution < 1.29 is 9.47 Å². The molecule has 16 heavy (non-hydrogen) atoms. The van der Waals surface area contributed by atoms with E-state index in [0.29, 0.717) is 12.0 Å². The van der Waals surface area contributed by atoms with Crippen LogP contribution in [-0.2, 0) is 9.47 Å². The lowest BCUT2D eigenvalue weighted by Gasteiger charge is -2.33. The average Bonchev–Trinajstić information content (AvgIpc) is 2.83. The minimum absolute atomic E-state index is 0.260. The van der Waals surface area contributed by atoms with E-state index < -0.39 is 0 Å². The lowest BCUT2D eigenvalue weighted by Crippen LogP contribution is -2.46. The Morgan fingerprint density at radius 3 is 2.50 bits per heavy atom. The van der Waals surface area contributed by atoms with E-state index in [1.807, 2.05) is 0 Å². The summed E-state index contributed by atoms with van der Waals surface area (Å²) in [4.78, 5) is 2.41. The van der Waals surface area contributed by atoms with Gasteiger partial charge in [-0.2, -0.15) is 0 Å². The van der Waals surface area contributed by atoms with E-state index >= 15 is 0 Å². The molecule has 0 aromatic heterocycles. The summed E-state index contributed by atoms with van der Waals surface area (Å²) in [6, 6.07) is 0.914. The minimum Gasteiger partial charge on any atom is -0.381 e. The van der Waals surface area contributed by atoms with E-state index in [1.54, 1.807) is 0 Å². The maximum absolute atomic E-state index is 6.23. The van der Waals surface area contributed by atoms with Gasteiger partial charge in [-0.15, -0.1) is 0 Å². The first-order valence-electron chi connectivity index (χ1n) is 6.38. The summed E-state index contributed by atoms with van der Waals surface area (Å²) < 4.78 is 10.8. The third-order valence-electron chi connectivity index (χ3n) is 3.88. The number of hydrogen-bond donors (Lipinski definition) is 1. The van der Waals surface area contributed by atoms with Gasteiger partial charge in [-0.25, -0.2) is 0 Å². The van der Waals surface area contributed by atoms with Gasteiger partial charge >= 0.3 is 0 Å². The van der Waals surface area contributed by atoms with Crippen molar-refractivity contribution in [2.24, 2.45) is 11.7 Å². The van der Waals surface area contributed by atoms with Gasteiger partial charge in [0.15, 0.2) is 0 Å². The molecule has 0 aliphatic carbocycles. The first-order chi connectivity index (χ1) is 7.77. The second-order valence-corrected chi connectivity index (χ2v) is 5.07. The van der Waals surface area contributed by atoms with Crippen LogP contribution in [0, 0.1) is 5.92 Å². The normalized spacial score (nSPS) is 29.8. The molecule has 2 saturated heterocycles. The van der Waals surface area contributed by atoms with Crippen LogP contribution >= 0.6 is 0 Å². The number of nitrogens with two attached hydrogens (primary N) is 1. The maximum atomic E-state index is 6.23. The molecule has 0 amide bonds. The molecule has 4 nitrogen and oxygen atoms in total. The summed E-state index contributed by atoms with van der Waals surface area (Å²) in [6.07, 6.45) is 3.41. The van der Waals surface area contributed by atoms with E-state index in [-0.39, 0.29) is 6.04 Å². The van der Waals surface area contributed by atoms with Crippen molar-refractivity contribution in [3.8, 4) is 0 Å². The van der Waals surface area contributed by atoms with Crippen LogP contribution in [0.4, 0.5) is 0 Å². The number of rotatable bonds is 4. The van der Waals surface area contributed by atoms with Gasteiger partial charge in [0.25, 0.3) is 0 Å². The fraction of sp³-hybridized carbons (Fsp3) is 1.00. The molecule has 0 spiro atoms. The van der Waals surface area contributed by atoms with Crippen LogP contribution in [0.2, 0.25) is 0 Å². The van der Waals surface area contributed by atoms with Crippen molar-refractivity contribution in [2.45, 2.75) is 31.3 Å². The summed E-state index contributed by atoms with van der Waals surface area (Å²) in [5.41, 5.74) is 6.23. The zero-order valence-electron chi connectivity index (χ0n) is 10.2. The van der Waals surface area contributed by atoms with Crippen LogP contribution in [0.3, 0.4) is 0 Å². The largest absolute Gasteiger partial charge is 0.381 e. The highest BCUT2D eigenvalue weighted by Crippen LogP contribution is 2.18. The number of nitrogens with zero attached hydrogens (tertiary/aromatic N) is 1. The molecular weight excluding hydrogens is 204 g/mol. The van der Waals surface area contributed by atoms with Crippen molar-refractivity contribution >= 4 is 0 Å².